The Balaban J connectivity index is 1.92. The van der Waals surface area contributed by atoms with Crippen LogP contribution in [-0.2, 0) is 4.79 Å². The van der Waals surface area contributed by atoms with Crippen LogP contribution in [0.1, 0.15) is 12.8 Å². The Kier molecular flexibility index (Phi) is 4.82. The van der Waals surface area contributed by atoms with Crippen molar-refractivity contribution in [3.63, 3.8) is 0 Å². The van der Waals surface area contributed by atoms with Crippen molar-refractivity contribution < 1.29 is 9.90 Å². The molecule has 19 heavy (non-hydrogen) atoms. The second-order valence-electron chi connectivity index (χ2n) is 4.99. The second kappa shape index (κ2) is 6.39. The zero-order valence-electron chi connectivity index (χ0n) is 11.0. The molecular formula is C14H19BrN2O2. The van der Waals surface area contributed by atoms with Crippen LogP contribution < -0.4 is 10.2 Å². The molecule has 1 heterocycles. The number of carboxylic acids is 1. The highest BCUT2D eigenvalue weighted by Crippen LogP contribution is 2.27. The highest BCUT2D eigenvalue weighted by Gasteiger charge is 2.27. The number of halogens is 1. The standard InChI is InChI=1S/C14H19BrN2O2/c1-16-13(14(18)19)8-10-6-7-17(9-10)12-4-2-11(15)3-5-12/h2-5,10,13,16H,6-9H2,1H3,(H,18,19). The zero-order chi connectivity index (χ0) is 13.8. The van der Waals surface area contributed by atoms with Crippen molar-refractivity contribution >= 4 is 27.6 Å². The Labute approximate surface area is 121 Å². The van der Waals surface area contributed by atoms with Crippen LogP contribution in [0.25, 0.3) is 0 Å². The third kappa shape index (κ3) is 3.70. The minimum Gasteiger partial charge on any atom is -0.480 e. The Hall–Kier alpha value is -1.07. The van der Waals surface area contributed by atoms with E-state index in [-0.39, 0.29) is 0 Å². The summed E-state index contributed by atoms with van der Waals surface area (Å²) in [5, 5.41) is 11.9. The number of hydrogen-bond donors (Lipinski definition) is 2. The first-order valence-corrected chi connectivity index (χ1v) is 7.30. The van der Waals surface area contributed by atoms with Crippen molar-refractivity contribution in [1.82, 2.24) is 5.32 Å². The molecule has 2 rings (SSSR count). The van der Waals surface area contributed by atoms with E-state index in [0.29, 0.717) is 12.3 Å². The number of aliphatic carboxylic acids is 1. The fourth-order valence-corrected chi connectivity index (χ4v) is 2.85. The van der Waals surface area contributed by atoms with E-state index in [0.717, 1.165) is 24.0 Å². The predicted molar refractivity (Wildman–Crippen MR) is 79.6 cm³/mol. The minimum absolute atomic E-state index is 0.435. The van der Waals surface area contributed by atoms with E-state index in [9.17, 15) is 4.79 Å². The predicted octanol–water partition coefficient (Wildman–Crippen LogP) is 2.34. The Morgan fingerprint density at radius 3 is 2.79 bits per heavy atom. The lowest BCUT2D eigenvalue weighted by atomic mass is 9.99. The SMILES string of the molecule is CNC(CC1CCN(c2ccc(Br)cc2)C1)C(=O)O. The minimum atomic E-state index is -0.760. The number of hydrogen-bond acceptors (Lipinski definition) is 3. The molecule has 2 atom stereocenters. The summed E-state index contributed by atoms with van der Waals surface area (Å²) in [6.45, 7) is 1.94. The Morgan fingerprint density at radius 2 is 2.21 bits per heavy atom. The van der Waals surface area contributed by atoms with Gasteiger partial charge in [0.1, 0.15) is 6.04 Å². The van der Waals surface area contributed by atoms with Crippen molar-refractivity contribution in [3.8, 4) is 0 Å². The van der Waals surface area contributed by atoms with E-state index in [4.69, 9.17) is 5.11 Å². The van der Waals surface area contributed by atoms with Gasteiger partial charge in [-0.1, -0.05) is 15.9 Å². The molecule has 0 bridgehead atoms. The summed E-state index contributed by atoms with van der Waals surface area (Å²) in [5.41, 5.74) is 1.21. The van der Waals surface area contributed by atoms with Gasteiger partial charge in [-0.05, 0) is 50.1 Å². The van der Waals surface area contributed by atoms with Crippen LogP contribution in [0.5, 0.6) is 0 Å². The molecule has 1 fully saturated rings. The van der Waals surface area contributed by atoms with E-state index in [1.165, 1.54) is 5.69 Å². The number of likely N-dealkylation sites (N-methyl/N-ethyl adjacent to an activating group) is 1. The molecule has 0 spiro atoms. The molecule has 0 amide bonds. The van der Waals surface area contributed by atoms with Gasteiger partial charge in [-0.15, -0.1) is 0 Å². The molecule has 1 aromatic carbocycles. The summed E-state index contributed by atoms with van der Waals surface area (Å²) < 4.78 is 1.08. The second-order valence-corrected chi connectivity index (χ2v) is 5.91. The van der Waals surface area contributed by atoms with Gasteiger partial charge in [0.25, 0.3) is 0 Å². The first-order valence-electron chi connectivity index (χ1n) is 6.50. The number of rotatable bonds is 5. The van der Waals surface area contributed by atoms with E-state index < -0.39 is 12.0 Å². The van der Waals surface area contributed by atoms with Crippen LogP contribution in [0, 0.1) is 5.92 Å². The van der Waals surface area contributed by atoms with Crippen LogP contribution in [-0.4, -0.2) is 37.3 Å². The lowest BCUT2D eigenvalue weighted by molar-refractivity contribution is -0.139. The summed E-state index contributed by atoms with van der Waals surface area (Å²) in [7, 11) is 1.71. The molecule has 0 saturated carbocycles. The number of carboxylic acid groups (broad SMARTS) is 1. The number of nitrogens with one attached hydrogen (secondary N) is 1. The number of benzene rings is 1. The number of anilines is 1. The molecule has 1 aliphatic heterocycles. The van der Waals surface area contributed by atoms with Crippen molar-refractivity contribution in [3.05, 3.63) is 28.7 Å². The van der Waals surface area contributed by atoms with Crippen molar-refractivity contribution in [2.45, 2.75) is 18.9 Å². The van der Waals surface area contributed by atoms with Crippen LogP contribution in [0.15, 0.2) is 28.7 Å². The van der Waals surface area contributed by atoms with Gasteiger partial charge in [-0.25, -0.2) is 0 Å². The van der Waals surface area contributed by atoms with E-state index >= 15 is 0 Å². The summed E-state index contributed by atoms with van der Waals surface area (Å²) in [5.74, 6) is -0.318. The molecule has 1 saturated heterocycles. The average molecular weight is 327 g/mol. The Morgan fingerprint density at radius 1 is 1.53 bits per heavy atom. The molecule has 0 aliphatic carbocycles. The van der Waals surface area contributed by atoms with Gasteiger partial charge in [-0.3, -0.25) is 4.79 Å². The third-order valence-corrected chi connectivity index (χ3v) is 4.22. The highest BCUT2D eigenvalue weighted by atomic mass is 79.9. The highest BCUT2D eigenvalue weighted by molar-refractivity contribution is 9.10. The first kappa shape index (κ1) is 14.3. The molecule has 1 aliphatic rings. The van der Waals surface area contributed by atoms with Crippen molar-refractivity contribution in [2.24, 2.45) is 5.92 Å². The van der Waals surface area contributed by atoms with Gasteiger partial charge >= 0.3 is 5.97 Å². The largest absolute Gasteiger partial charge is 0.480 e. The third-order valence-electron chi connectivity index (χ3n) is 3.69. The summed E-state index contributed by atoms with van der Waals surface area (Å²) in [4.78, 5) is 13.4. The molecule has 2 unspecified atom stereocenters. The molecule has 2 N–H and O–H groups in total. The van der Waals surface area contributed by atoms with Crippen LogP contribution >= 0.6 is 15.9 Å². The van der Waals surface area contributed by atoms with Gasteiger partial charge in [-0.2, -0.15) is 0 Å². The molecule has 0 radical (unpaired) electrons. The van der Waals surface area contributed by atoms with Gasteiger partial charge in [0.05, 0.1) is 0 Å². The molecule has 0 aromatic heterocycles. The Bertz CT molecular complexity index is 436. The number of carbonyl (C=O) groups is 1. The molecular weight excluding hydrogens is 308 g/mol. The van der Waals surface area contributed by atoms with Gasteiger partial charge in [0.15, 0.2) is 0 Å². The lowest BCUT2D eigenvalue weighted by Gasteiger charge is -2.20. The van der Waals surface area contributed by atoms with E-state index in [1.54, 1.807) is 7.05 Å². The monoisotopic (exact) mass is 326 g/mol. The van der Waals surface area contributed by atoms with Crippen molar-refractivity contribution in [2.75, 3.05) is 25.0 Å². The summed E-state index contributed by atoms with van der Waals surface area (Å²) >= 11 is 3.43. The smallest absolute Gasteiger partial charge is 0.320 e. The molecule has 5 heteroatoms. The average Bonchev–Trinajstić information content (AvgIpc) is 2.85. The topological polar surface area (TPSA) is 52.6 Å². The van der Waals surface area contributed by atoms with Gasteiger partial charge in [0, 0.05) is 23.2 Å². The maximum Gasteiger partial charge on any atom is 0.320 e. The van der Waals surface area contributed by atoms with E-state index in [2.05, 4.69) is 38.3 Å². The zero-order valence-corrected chi connectivity index (χ0v) is 12.6. The van der Waals surface area contributed by atoms with Crippen molar-refractivity contribution in [1.29, 1.82) is 0 Å². The van der Waals surface area contributed by atoms with Crippen LogP contribution in [0.2, 0.25) is 0 Å². The fraction of sp³-hybridized carbons (Fsp3) is 0.500. The fourth-order valence-electron chi connectivity index (χ4n) is 2.59. The molecule has 4 nitrogen and oxygen atoms in total. The summed E-state index contributed by atoms with van der Waals surface area (Å²) in [6.07, 6.45) is 1.75. The quantitative estimate of drug-likeness (QED) is 0.872. The normalized spacial score (nSPS) is 20.5. The van der Waals surface area contributed by atoms with Gasteiger partial charge in [0.2, 0.25) is 0 Å². The molecule has 104 valence electrons. The van der Waals surface area contributed by atoms with Gasteiger partial charge < -0.3 is 15.3 Å². The maximum atomic E-state index is 11.0. The lowest BCUT2D eigenvalue weighted by Crippen LogP contribution is -2.36. The first-order chi connectivity index (χ1) is 9.10. The summed E-state index contributed by atoms with van der Waals surface area (Å²) in [6, 6.07) is 7.83. The maximum absolute atomic E-state index is 11.0. The number of nitrogens with zero attached hydrogens (tertiary/aromatic N) is 1. The van der Waals surface area contributed by atoms with E-state index in [1.807, 2.05) is 12.1 Å². The van der Waals surface area contributed by atoms with Crippen LogP contribution in [0.4, 0.5) is 5.69 Å². The molecule has 1 aromatic rings. The van der Waals surface area contributed by atoms with Crippen LogP contribution in [0.3, 0.4) is 0 Å².